The van der Waals surface area contributed by atoms with E-state index in [0.29, 0.717) is 0 Å². The Labute approximate surface area is 109 Å². The molecule has 18 heavy (non-hydrogen) atoms. The first-order valence-corrected chi connectivity index (χ1v) is 7.61. The lowest BCUT2D eigenvalue weighted by atomic mass is 9.87. The highest BCUT2D eigenvalue weighted by Gasteiger charge is 2.18. The van der Waals surface area contributed by atoms with Crippen molar-refractivity contribution >= 4 is 15.6 Å². The lowest BCUT2D eigenvalue weighted by Gasteiger charge is -2.19. The van der Waals surface area contributed by atoms with Crippen molar-refractivity contribution in [1.29, 1.82) is 0 Å². The van der Waals surface area contributed by atoms with Crippen LogP contribution in [0, 0.1) is 0 Å². The number of hydrogen-bond donors (Lipinski definition) is 0. The molecule has 1 rings (SSSR count). The third kappa shape index (κ3) is 3.95. The van der Waals surface area contributed by atoms with Gasteiger partial charge >= 0.3 is 0 Å². The van der Waals surface area contributed by atoms with Crippen molar-refractivity contribution in [3.8, 4) is 0 Å². The molecule has 4 heteroatoms. The maximum absolute atomic E-state index is 11.9. The monoisotopic (exact) mass is 268 g/mol. The number of carbonyl (C=O) groups excluding carboxylic acids is 1. The van der Waals surface area contributed by atoms with Crippen molar-refractivity contribution in [2.24, 2.45) is 0 Å². The molecule has 0 amide bonds. The molecule has 100 valence electrons. The van der Waals surface area contributed by atoms with Crippen LogP contribution in [0.15, 0.2) is 29.2 Å². The first-order chi connectivity index (χ1) is 8.13. The fraction of sp³-hybridized carbons (Fsp3) is 0.500. The van der Waals surface area contributed by atoms with Crippen LogP contribution in [0.25, 0.3) is 0 Å². The molecule has 1 aromatic rings. The van der Waals surface area contributed by atoms with E-state index >= 15 is 0 Å². The predicted octanol–water partition coefficient (Wildman–Crippen LogP) is 2.74. The van der Waals surface area contributed by atoms with E-state index in [2.05, 4.69) is 20.8 Å². The van der Waals surface area contributed by atoms with E-state index in [-0.39, 0.29) is 28.3 Å². The first-order valence-electron chi connectivity index (χ1n) is 5.96. The molecule has 0 aliphatic carbocycles. The SMILES string of the molecule is CC(=O)CCS(=O)(=O)c1ccc(C(C)(C)C)cc1. The molecule has 3 nitrogen and oxygen atoms in total. The molecule has 1 aromatic carbocycles. The molecule has 0 radical (unpaired) electrons. The molecule has 0 spiro atoms. The average molecular weight is 268 g/mol. The minimum Gasteiger partial charge on any atom is -0.300 e. The second-order valence-electron chi connectivity index (χ2n) is 5.55. The molecule has 0 bridgehead atoms. The summed E-state index contributed by atoms with van der Waals surface area (Å²) in [4.78, 5) is 11.1. The van der Waals surface area contributed by atoms with E-state index in [0.717, 1.165) is 5.56 Å². The molecule has 0 aromatic heterocycles. The summed E-state index contributed by atoms with van der Waals surface area (Å²) in [7, 11) is -3.34. The number of ketones is 1. The quantitative estimate of drug-likeness (QED) is 0.843. The fourth-order valence-electron chi connectivity index (χ4n) is 1.56. The van der Waals surface area contributed by atoms with E-state index < -0.39 is 9.84 Å². The van der Waals surface area contributed by atoms with Crippen LogP contribution >= 0.6 is 0 Å². The highest BCUT2D eigenvalue weighted by molar-refractivity contribution is 7.91. The number of Topliss-reactive ketones (excluding diaryl/α,β-unsaturated/α-hetero) is 1. The van der Waals surface area contributed by atoms with Crippen LogP contribution in [0.5, 0.6) is 0 Å². The minimum absolute atomic E-state index is 0.00166. The Kier molecular flexibility index (Phi) is 4.32. The Hall–Kier alpha value is -1.16. The van der Waals surface area contributed by atoms with Gasteiger partial charge in [0.1, 0.15) is 5.78 Å². The van der Waals surface area contributed by atoms with Gasteiger partial charge in [0, 0.05) is 6.42 Å². The van der Waals surface area contributed by atoms with Crippen LogP contribution in [-0.4, -0.2) is 20.0 Å². The van der Waals surface area contributed by atoms with E-state index in [1.54, 1.807) is 12.1 Å². The molecule has 0 saturated heterocycles. The molecule has 0 unspecified atom stereocenters. The molecular weight excluding hydrogens is 248 g/mol. The summed E-state index contributed by atoms with van der Waals surface area (Å²) in [6.45, 7) is 7.63. The van der Waals surface area contributed by atoms with Crippen molar-refractivity contribution in [2.75, 3.05) is 5.75 Å². The number of rotatable bonds is 4. The van der Waals surface area contributed by atoms with Gasteiger partial charge in [-0.3, -0.25) is 4.79 Å². The van der Waals surface area contributed by atoms with Crippen LogP contribution < -0.4 is 0 Å². The summed E-state index contributed by atoms with van der Waals surface area (Å²) >= 11 is 0. The van der Waals surface area contributed by atoms with Gasteiger partial charge in [0.05, 0.1) is 10.6 Å². The number of sulfone groups is 1. The molecule has 0 atom stereocenters. The smallest absolute Gasteiger partial charge is 0.178 e. The van der Waals surface area contributed by atoms with E-state index in [9.17, 15) is 13.2 Å². The van der Waals surface area contributed by atoms with Gasteiger partial charge in [0.2, 0.25) is 0 Å². The van der Waals surface area contributed by atoms with Gasteiger partial charge in [-0.25, -0.2) is 8.42 Å². The van der Waals surface area contributed by atoms with Gasteiger partial charge in [-0.05, 0) is 30.0 Å². The summed E-state index contributed by atoms with van der Waals surface area (Å²) in [5, 5.41) is 0. The Bertz CT molecular complexity index is 519. The Morgan fingerprint density at radius 3 is 2.00 bits per heavy atom. The highest BCUT2D eigenvalue weighted by atomic mass is 32.2. The zero-order valence-electron chi connectivity index (χ0n) is 11.4. The Balaban J connectivity index is 2.95. The molecule has 0 fully saturated rings. The molecular formula is C14H20O3S. The molecule has 0 saturated carbocycles. The van der Waals surface area contributed by atoms with Crippen molar-refractivity contribution in [3.05, 3.63) is 29.8 Å². The van der Waals surface area contributed by atoms with Gasteiger partial charge in [0.25, 0.3) is 0 Å². The highest BCUT2D eigenvalue weighted by Crippen LogP contribution is 2.23. The van der Waals surface area contributed by atoms with Crippen LogP contribution in [0.2, 0.25) is 0 Å². The largest absolute Gasteiger partial charge is 0.300 e. The fourth-order valence-corrected chi connectivity index (χ4v) is 2.90. The normalized spacial score (nSPS) is 12.4. The van der Waals surface area contributed by atoms with Crippen LogP contribution in [0.1, 0.15) is 39.7 Å². The van der Waals surface area contributed by atoms with Crippen LogP contribution in [-0.2, 0) is 20.0 Å². The number of carbonyl (C=O) groups is 1. The molecule has 0 aliphatic rings. The van der Waals surface area contributed by atoms with Gasteiger partial charge in [0.15, 0.2) is 9.84 Å². The molecule has 0 aliphatic heterocycles. The number of benzene rings is 1. The summed E-state index contributed by atoms with van der Waals surface area (Å²) < 4.78 is 23.9. The average Bonchev–Trinajstić information content (AvgIpc) is 2.26. The summed E-state index contributed by atoms with van der Waals surface area (Å²) in [5.74, 6) is -0.220. The van der Waals surface area contributed by atoms with Crippen LogP contribution in [0.3, 0.4) is 0 Å². The van der Waals surface area contributed by atoms with E-state index in [4.69, 9.17) is 0 Å². The van der Waals surface area contributed by atoms with Gasteiger partial charge in [-0.15, -0.1) is 0 Å². The minimum atomic E-state index is -3.34. The van der Waals surface area contributed by atoms with Crippen molar-refractivity contribution in [2.45, 2.75) is 44.4 Å². The summed E-state index contributed by atoms with van der Waals surface area (Å²) in [5.41, 5.74) is 1.09. The standard InChI is InChI=1S/C14H20O3S/c1-11(15)9-10-18(16,17)13-7-5-12(6-8-13)14(2,3)4/h5-8H,9-10H2,1-4H3. The summed E-state index contributed by atoms with van der Waals surface area (Å²) in [6.07, 6.45) is 0.0728. The zero-order valence-corrected chi connectivity index (χ0v) is 12.2. The lowest BCUT2D eigenvalue weighted by Crippen LogP contribution is -2.13. The molecule has 0 heterocycles. The Morgan fingerprint density at radius 1 is 1.11 bits per heavy atom. The van der Waals surface area contributed by atoms with Crippen molar-refractivity contribution < 1.29 is 13.2 Å². The third-order valence-corrected chi connectivity index (χ3v) is 4.53. The second-order valence-corrected chi connectivity index (χ2v) is 7.65. The van der Waals surface area contributed by atoms with Crippen LogP contribution in [0.4, 0.5) is 0 Å². The Morgan fingerprint density at radius 2 is 1.61 bits per heavy atom. The maximum Gasteiger partial charge on any atom is 0.178 e. The summed E-state index contributed by atoms with van der Waals surface area (Å²) in [6, 6.07) is 6.91. The van der Waals surface area contributed by atoms with Gasteiger partial charge in [-0.1, -0.05) is 32.9 Å². The van der Waals surface area contributed by atoms with Gasteiger partial charge < -0.3 is 0 Å². The second kappa shape index (κ2) is 5.22. The van der Waals surface area contributed by atoms with Gasteiger partial charge in [-0.2, -0.15) is 0 Å². The van der Waals surface area contributed by atoms with Crippen molar-refractivity contribution in [1.82, 2.24) is 0 Å². The third-order valence-electron chi connectivity index (χ3n) is 2.80. The van der Waals surface area contributed by atoms with Crippen molar-refractivity contribution in [3.63, 3.8) is 0 Å². The number of hydrogen-bond acceptors (Lipinski definition) is 3. The zero-order chi connectivity index (χ0) is 14.0. The van der Waals surface area contributed by atoms with E-state index in [1.165, 1.54) is 6.92 Å². The maximum atomic E-state index is 11.9. The van der Waals surface area contributed by atoms with E-state index in [1.807, 2.05) is 12.1 Å². The predicted molar refractivity (Wildman–Crippen MR) is 72.5 cm³/mol. The topological polar surface area (TPSA) is 51.2 Å². The lowest BCUT2D eigenvalue weighted by molar-refractivity contribution is -0.116. The first kappa shape index (κ1) is 14.9. The molecule has 0 N–H and O–H groups in total.